The number of hydrogen-bond acceptors (Lipinski definition) is 4. The SMILES string of the molecule is O=S1(=O)c2ccccc2C2(CCN(Cc3cccnc3)C2)N1Cc1ccccc1. The molecular formula is C23H23N3O2S. The summed E-state index contributed by atoms with van der Waals surface area (Å²) in [5.41, 5.74) is 2.57. The van der Waals surface area contributed by atoms with Crippen molar-refractivity contribution in [2.24, 2.45) is 0 Å². The van der Waals surface area contributed by atoms with Gasteiger partial charge in [-0.25, -0.2) is 8.42 Å². The van der Waals surface area contributed by atoms with E-state index in [0.717, 1.165) is 36.2 Å². The van der Waals surface area contributed by atoms with E-state index < -0.39 is 15.6 Å². The van der Waals surface area contributed by atoms with Crippen LogP contribution in [0.1, 0.15) is 23.1 Å². The summed E-state index contributed by atoms with van der Waals surface area (Å²) in [6, 6.07) is 21.4. The summed E-state index contributed by atoms with van der Waals surface area (Å²) < 4.78 is 28.8. The van der Waals surface area contributed by atoms with E-state index in [1.807, 2.05) is 60.8 Å². The Labute approximate surface area is 171 Å². The van der Waals surface area contributed by atoms with E-state index in [1.54, 1.807) is 16.6 Å². The first-order chi connectivity index (χ1) is 14.1. The van der Waals surface area contributed by atoms with Crippen molar-refractivity contribution in [2.45, 2.75) is 29.9 Å². The molecule has 2 aliphatic rings. The predicted octanol–water partition coefficient (Wildman–Crippen LogP) is 3.39. The molecule has 1 unspecified atom stereocenters. The number of rotatable bonds is 4. The lowest BCUT2D eigenvalue weighted by molar-refractivity contribution is 0.184. The van der Waals surface area contributed by atoms with Gasteiger partial charge in [0.15, 0.2) is 0 Å². The van der Waals surface area contributed by atoms with Crippen molar-refractivity contribution < 1.29 is 8.42 Å². The summed E-state index contributed by atoms with van der Waals surface area (Å²) in [5.74, 6) is 0. The van der Waals surface area contributed by atoms with Gasteiger partial charge in [0.05, 0.1) is 10.4 Å². The van der Waals surface area contributed by atoms with Gasteiger partial charge in [-0.05, 0) is 35.2 Å². The fourth-order valence-electron chi connectivity index (χ4n) is 4.72. The second-order valence-corrected chi connectivity index (χ2v) is 9.68. The molecule has 6 heteroatoms. The van der Waals surface area contributed by atoms with Crippen LogP contribution in [0.15, 0.2) is 84.0 Å². The first kappa shape index (κ1) is 18.5. The number of fused-ring (bicyclic) bond motifs is 2. The smallest absolute Gasteiger partial charge is 0.244 e. The van der Waals surface area contributed by atoms with Crippen LogP contribution in [-0.2, 0) is 28.7 Å². The molecule has 0 N–H and O–H groups in total. The van der Waals surface area contributed by atoms with Gasteiger partial charge in [-0.15, -0.1) is 0 Å². The molecule has 29 heavy (non-hydrogen) atoms. The summed E-state index contributed by atoms with van der Waals surface area (Å²) in [5, 5.41) is 0. The first-order valence-electron chi connectivity index (χ1n) is 9.87. The first-order valence-corrected chi connectivity index (χ1v) is 11.3. The van der Waals surface area contributed by atoms with Gasteiger partial charge in [0.25, 0.3) is 0 Å². The summed E-state index contributed by atoms with van der Waals surface area (Å²) in [6.45, 7) is 2.70. The van der Waals surface area contributed by atoms with Gasteiger partial charge in [-0.1, -0.05) is 54.6 Å². The third-order valence-corrected chi connectivity index (χ3v) is 8.03. The van der Waals surface area contributed by atoms with Gasteiger partial charge in [-0.2, -0.15) is 4.31 Å². The molecule has 0 aliphatic carbocycles. The standard InChI is InChI=1S/C23H23N3O2S/c27-29(28)22-11-5-4-10-21(22)23(26(29)17-19-7-2-1-3-8-19)12-14-25(18-23)16-20-9-6-13-24-15-20/h1-11,13,15H,12,14,16-18H2. The van der Waals surface area contributed by atoms with Crippen molar-refractivity contribution in [3.63, 3.8) is 0 Å². The summed E-state index contributed by atoms with van der Waals surface area (Å²) in [4.78, 5) is 7.01. The molecule has 0 bridgehead atoms. The van der Waals surface area contributed by atoms with Crippen LogP contribution in [0.4, 0.5) is 0 Å². The zero-order chi connectivity index (χ0) is 19.9. The van der Waals surface area contributed by atoms with Gasteiger partial charge >= 0.3 is 0 Å². The Kier molecular flexibility index (Phi) is 4.50. The second-order valence-electron chi connectivity index (χ2n) is 7.85. The third-order valence-electron chi connectivity index (χ3n) is 6.06. The molecule has 1 fully saturated rings. The summed E-state index contributed by atoms with van der Waals surface area (Å²) >= 11 is 0. The van der Waals surface area contributed by atoms with Crippen LogP contribution in [0.2, 0.25) is 0 Å². The molecule has 0 saturated carbocycles. The quantitative estimate of drug-likeness (QED) is 0.668. The van der Waals surface area contributed by atoms with Crippen LogP contribution in [0.5, 0.6) is 0 Å². The molecular weight excluding hydrogens is 382 g/mol. The number of likely N-dealkylation sites (tertiary alicyclic amines) is 1. The molecule has 148 valence electrons. The normalized spacial score (nSPS) is 23.4. The number of sulfonamides is 1. The van der Waals surface area contributed by atoms with Crippen LogP contribution in [0, 0.1) is 0 Å². The molecule has 5 rings (SSSR count). The van der Waals surface area contributed by atoms with Gasteiger partial charge < -0.3 is 0 Å². The molecule has 0 amide bonds. The Morgan fingerprint density at radius 2 is 1.66 bits per heavy atom. The Hall–Kier alpha value is -2.54. The lowest BCUT2D eigenvalue weighted by Gasteiger charge is -2.34. The molecule has 1 spiro atoms. The van der Waals surface area contributed by atoms with E-state index in [9.17, 15) is 8.42 Å². The minimum Gasteiger partial charge on any atom is -0.297 e. The van der Waals surface area contributed by atoms with Crippen LogP contribution in [0.25, 0.3) is 0 Å². The monoisotopic (exact) mass is 405 g/mol. The van der Waals surface area contributed by atoms with Crippen molar-refractivity contribution >= 4 is 10.0 Å². The van der Waals surface area contributed by atoms with E-state index in [2.05, 4.69) is 16.0 Å². The van der Waals surface area contributed by atoms with Crippen LogP contribution >= 0.6 is 0 Å². The van der Waals surface area contributed by atoms with Crippen LogP contribution in [-0.4, -0.2) is 35.7 Å². The van der Waals surface area contributed by atoms with E-state index in [4.69, 9.17) is 0 Å². The Bertz CT molecular complexity index is 1120. The van der Waals surface area contributed by atoms with Crippen LogP contribution in [0.3, 0.4) is 0 Å². The van der Waals surface area contributed by atoms with Crippen molar-refractivity contribution in [2.75, 3.05) is 13.1 Å². The molecule has 5 nitrogen and oxygen atoms in total. The third kappa shape index (κ3) is 3.08. The molecule has 1 saturated heterocycles. The molecule has 3 aromatic rings. The highest BCUT2D eigenvalue weighted by Gasteiger charge is 2.56. The predicted molar refractivity (Wildman–Crippen MR) is 111 cm³/mol. The Morgan fingerprint density at radius 3 is 2.45 bits per heavy atom. The minimum absolute atomic E-state index is 0.387. The van der Waals surface area contributed by atoms with E-state index >= 15 is 0 Å². The summed E-state index contributed by atoms with van der Waals surface area (Å²) in [7, 11) is -3.54. The highest BCUT2D eigenvalue weighted by atomic mass is 32.2. The van der Waals surface area contributed by atoms with Gasteiger partial charge in [0, 0.05) is 38.6 Å². The minimum atomic E-state index is -3.54. The zero-order valence-corrected chi connectivity index (χ0v) is 16.9. The van der Waals surface area contributed by atoms with Crippen LogP contribution < -0.4 is 0 Å². The van der Waals surface area contributed by atoms with E-state index in [0.29, 0.717) is 18.0 Å². The molecule has 2 aromatic carbocycles. The fourth-order valence-corrected chi connectivity index (χ4v) is 6.77. The lowest BCUT2D eigenvalue weighted by atomic mass is 9.88. The van der Waals surface area contributed by atoms with E-state index in [-0.39, 0.29) is 0 Å². The maximum atomic E-state index is 13.5. The fraction of sp³-hybridized carbons (Fsp3) is 0.261. The number of aromatic nitrogens is 1. The largest absolute Gasteiger partial charge is 0.297 e. The van der Waals surface area contributed by atoms with Gasteiger partial charge in [0.1, 0.15) is 0 Å². The molecule has 3 heterocycles. The molecule has 1 aromatic heterocycles. The Balaban J connectivity index is 1.53. The van der Waals surface area contributed by atoms with Crippen molar-refractivity contribution in [1.82, 2.24) is 14.2 Å². The van der Waals surface area contributed by atoms with Crippen molar-refractivity contribution in [3.8, 4) is 0 Å². The average molecular weight is 406 g/mol. The zero-order valence-electron chi connectivity index (χ0n) is 16.1. The number of benzene rings is 2. The van der Waals surface area contributed by atoms with Gasteiger partial charge in [-0.3, -0.25) is 9.88 Å². The molecule has 2 aliphatic heterocycles. The van der Waals surface area contributed by atoms with E-state index in [1.165, 1.54) is 0 Å². The number of hydrogen-bond donors (Lipinski definition) is 0. The van der Waals surface area contributed by atoms with Crippen molar-refractivity contribution in [3.05, 3.63) is 95.8 Å². The number of pyridine rings is 1. The molecule has 1 atom stereocenters. The number of nitrogens with zero attached hydrogens (tertiary/aromatic N) is 3. The summed E-state index contributed by atoms with van der Waals surface area (Å²) in [6.07, 6.45) is 4.44. The van der Waals surface area contributed by atoms with Gasteiger partial charge in [0.2, 0.25) is 10.0 Å². The highest BCUT2D eigenvalue weighted by Crippen LogP contribution is 2.50. The Morgan fingerprint density at radius 1 is 0.897 bits per heavy atom. The maximum Gasteiger partial charge on any atom is 0.244 e. The molecule has 0 radical (unpaired) electrons. The topological polar surface area (TPSA) is 53.5 Å². The highest BCUT2D eigenvalue weighted by molar-refractivity contribution is 7.89. The second kappa shape index (κ2) is 7.06. The van der Waals surface area contributed by atoms with Crippen molar-refractivity contribution in [1.29, 1.82) is 0 Å². The lowest BCUT2D eigenvalue weighted by Crippen LogP contribution is -2.45. The average Bonchev–Trinajstić information content (AvgIpc) is 3.24. The maximum absolute atomic E-state index is 13.5.